The Balaban J connectivity index is 0. The summed E-state index contributed by atoms with van der Waals surface area (Å²) < 4.78 is 5.09. The molecule has 6 N–H and O–H groups in total. The van der Waals surface area contributed by atoms with Crippen LogP contribution < -0.4 is 21.9 Å². The van der Waals surface area contributed by atoms with Gasteiger partial charge >= 0.3 is 0 Å². The molecule has 1 aliphatic rings. The number of carbonyl (C=O) groups is 1. The molecule has 5 nitrogen and oxygen atoms in total. The molecule has 1 aliphatic carbocycles. The Morgan fingerprint density at radius 1 is 1.05 bits per heavy atom. The molecule has 0 spiro atoms. The Morgan fingerprint density at radius 3 is 2.09 bits per heavy atom. The number of hydrogen-bond donors (Lipinski definition) is 3. The second-order valence-electron chi connectivity index (χ2n) is 3.79. The lowest BCUT2D eigenvalue weighted by atomic mass is 9.99. The molecule has 0 unspecified atom stereocenters. The Bertz CT molecular complexity index is 445. The summed E-state index contributed by atoms with van der Waals surface area (Å²) in [4.78, 5) is 11.9. The maximum atomic E-state index is 11.9. The molecular weight excluding hydrogens is 278 g/mol. The minimum Gasteiger partial charge on any atom is -0.497 e. The zero-order valence-corrected chi connectivity index (χ0v) is 14.0. The van der Waals surface area contributed by atoms with Gasteiger partial charge in [-0.3, -0.25) is 4.79 Å². The Morgan fingerprint density at radius 2 is 1.59 bits per heavy atom. The summed E-state index contributed by atoms with van der Waals surface area (Å²) in [5.41, 5.74) is 14.2. The minimum atomic E-state index is 0.153. The van der Waals surface area contributed by atoms with E-state index in [9.17, 15) is 4.79 Å². The number of hydrogen-bond acceptors (Lipinski definition) is 5. The van der Waals surface area contributed by atoms with Crippen LogP contribution in [-0.4, -0.2) is 34.0 Å². The van der Waals surface area contributed by atoms with E-state index in [1.165, 1.54) is 21.1 Å². The van der Waals surface area contributed by atoms with Crippen molar-refractivity contribution in [3.8, 4) is 5.75 Å². The number of ketones is 1. The molecule has 0 saturated heterocycles. The highest BCUT2D eigenvalue weighted by atomic mass is 16.5. The van der Waals surface area contributed by atoms with Crippen LogP contribution in [0.4, 0.5) is 0 Å². The van der Waals surface area contributed by atoms with E-state index in [0.717, 1.165) is 5.75 Å². The summed E-state index contributed by atoms with van der Waals surface area (Å²) in [5, 5.41) is 0. The van der Waals surface area contributed by atoms with Gasteiger partial charge in [-0.15, -0.1) is 0 Å². The van der Waals surface area contributed by atoms with Crippen molar-refractivity contribution in [2.45, 2.75) is 6.42 Å². The van der Waals surface area contributed by atoms with E-state index in [-0.39, 0.29) is 11.7 Å². The van der Waals surface area contributed by atoms with Gasteiger partial charge in [0.25, 0.3) is 0 Å². The topological polar surface area (TPSA) is 104 Å². The smallest absolute Gasteiger partial charge is 0.163 e. The van der Waals surface area contributed by atoms with E-state index in [4.69, 9.17) is 4.74 Å². The number of allylic oxidation sites excluding steroid dienone is 4. The summed E-state index contributed by atoms with van der Waals surface area (Å²) in [5.74, 6) is 1.13. The number of ether oxygens (including phenoxy) is 1. The molecular formula is C17H29N3O2. The predicted octanol–water partition coefficient (Wildman–Crippen LogP) is 1.73. The summed E-state index contributed by atoms with van der Waals surface area (Å²) in [6.07, 6.45) is 8.56. The average molecular weight is 307 g/mol. The first-order chi connectivity index (χ1) is 10.8. The minimum absolute atomic E-state index is 0.153. The Labute approximate surface area is 133 Å². The standard InChI is InChI=1S/C14H14O2.3CH5N/c1-16-13-8-4-7-12(10-13)14(15)9-11-5-2-3-6-11;3*1-2/h2-8,10-11H,9H2,1H3;3*2H2,1H3. The maximum Gasteiger partial charge on any atom is 0.163 e. The predicted molar refractivity (Wildman–Crippen MR) is 94.0 cm³/mol. The van der Waals surface area contributed by atoms with Gasteiger partial charge in [-0.05, 0) is 33.3 Å². The first-order valence-corrected chi connectivity index (χ1v) is 7.05. The third-order valence-electron chi connectivity index (χ3n) is 2.64. The molecule has 0 aromatic heterocycles. The van der Waals surface area contributed by atoms with Crippen LogP contribution in [0, 0.1) is 5.92 Å². The van der Waals surface area contributed by atoms with Crippen molar-refractivity contribution in [1.82, 2.24) is 0 Å². The SMILES string of the molecule is CN.CN.CN.COc1cccc(C(=O)CC2C=CC=C2)c1. The molecule has 5 heteroatoms. The van der Waals surface area contributed by atoms with Crippen molar-refractivity contribution < 1.29 is 9.53 Å². The van der Waals surface area contributed by atoms with Gasteiger partial charge in [0.15, 0.2) is 5.78 Å². The van der Waals surface area contributed by atoms with Gasteiger partial charge in [0, 0.05) is 17.9 Å². The van der Waals surface area contributed by atoms with Gasteiger partial charge in [0.1, 0.15) is 5.75 Å². The monoisotopic (exact) mass is 307 g/mol. The van der Waals surface area contributed by atoms with E-state index < -0.39 is 0 Å². The van der Waals surface area contributed by atoms with Crippen LogP contribution in [0.25, 0.3) is 0 Å². The van der Waals surface area contributed by atoms with Crippen molar-refractivity contribution in [2.75, 3.05) is 28.3 Å². The number of rotatable bonds is 4. The molecule has 2 rings (SSSR count). The van der Waals surface area contributed by atoms with Crippen molar-refractivity contribution >= 4 is 5.78 Å². The number of nitrogens with two attached hydrogens (primary N) is 3. The van der Waals surface area contributed by atoms with Crippen LogP contribution in [0.2, 0.25) is 0 Å². The molecule has 1 aromatic carbocycles. The molecule has 22 heavy (non-hydrogen) atoms. The first kappa shape index (κ1) is 22.3. The summed E-state index contributed by atoms with van der Waals surface area (Å²) in [7, 11) is 6.10. The number of Topliss-reactive ketones (excluding diaryl/α,β-unsaturated/α-hetero) is 1. The summed E-state index contributed by atoms with van der Waals surface area (Å²) in [6.45, 7) is 0. The van der Waals surface area contributed by atoms with E-state index in [2.05, 4.69) is 17.2 Å². The normalized spacial score (nSPS) is 11.2. The lowest BCUT2D eigenvalue weighted by molar-refractivity contribution is 0.0975. The van der Waals surface area contributed by atoms with Crippen LogP contribution in [-0.2, 0) is 0 Å². The molecule has 0 heterocycles. The van der Waals surface area contributed by atoms with Gasteiger partial charge < -0.3 is 21.9 Å². The second kappa shape index (κ2) is 15.4. The van der Waals surface area contributed by atoms with Crippen LogP contribution in [0.5, 0.6) is 5.75 Å². The van der Waals surface area contributed by atoms with Gasteiger partial charge in [-0.25, -0.2) is 0 Å². The quantitative estimate of drug-likeness (QED) is 0.735. The third-order valence-corrected chi connectivity index (χ3v) is 2.64. The zero-order chi connectivity index (χ0) is 17.4. The second-order valence-corrected chi connectivity index (χ2v) is 3.79. The fraction of sp³-hybridized carbons (Fsp3) is 0.353. The molecule has 0 aliphatic heterocycles. The van der Waals surface area contributed by atoms with Gasteiger partial charge in [0.2, 0.25) is 0 Å². The van der Waals surface area contributed by atoms with Crippen molar-refractivity contribution in [3.05, 3.63) is 54.1 Å². The van der Waals surface area contributed by atoms with Crippen LogP contribution in [0.1, 0.15) is 16.8 Å². The van der Waals surface area contributed by atoms with Crippen molar-refractivity contribution in [2.24, 2.45) is 23.1 Å². The molecule has 0 bridgehead atoms. The van der Waals surface area contributed by atoms with E-state index in [0.29, 0.717) is 12.0 Å². The highest BCUT2D eigenvalue weighted by Crippen LogP contribution is 2.19. The molecule has 1 aromatic rings. The van der Waals surface area contributed by atoms with Gasteiger partial charge in [0.05, 0.1) is 7.11 Å². The zero-order valence-electron chi connectivity index (χ0n) is 14.0. The molecule has 124 valence electrons. The van der Waals surface area contributed by atoms with Crippen LogP contribution in [0.15, 0.2) is 48.6 Å². The fourth-order valence-electron chi connectivity index (χ4n) is 1.74. The molecule has 0 radical (unpaired) electrons. The number of carbonyl (C=O) groups excluding carboxylic acids is 1. The lowest BCUT2D eigenvalue weighted by Gasteiger charge is -2.06. The van der Waals surface area contributed by atoms with Crippen LogP contribution >= 0.6 is 0 Å². The molecule has 0 amide bonds. The van der Waals surface area contributed by atoms with E-state index >= 15 is 0 Å². The largest absolute Gasteiger partial charge is 0.497 e. The first-order valence-electron chi connectivity index (χ1n) is 7.05. The Kier molecular flexibility index (Phi) is 15.7. The number of benzene rings is 1. The highest BCUT2D eigenvalue weighted by Gasteiger charge is 2.12. The average Bonchev–Trinajstić information content (AvgIpc) is 3.13. The summed E-state index contributed by atoms with van der Waals surface area (Å²) in [6, 6.07) is 7.29. The highest BCUT2D eigenvalue weighted by molar-refractivity contribution is 5.96. The van der Waals surface area contributed by atoms with Gasteiger partial charge in [-0.1, -0.05) is 36.4 Å². The van der Waals surface area contributed by atoms with Gasteiger partial charge in [-0.2, -0.15) is 0 Å². The lowest BCUT2D eigenvalue weighted by Crippen LogP contribution is -2.04. The maximum absolute atomic E-state index is 11.9. The third kappa shape index (κ3) is 8.36. The number of methoxy groups -OCH3 is 1. The Hall–Kier alpha value is -1.95. The van der Waals surface area contributed by atoms with E-state index in [1.807, 2.05) is 42.5 Å². The van der Waals surface area contributed by atoms with E-state index in [1.54, 1.807) is 13.2 Å². The van der Waals surface area contributed by atoms with Crippen molar-refractivity contribution in [1.29, 1.82) is 0 Å². The molecule has 0 saturated carbocycles. The molecule has 0 fully saturated rings. The fourth-order valence-corrected chi connectivity index (χ4v) is 1.74. The van der Waals surface area contributed by atoms with Crippen LogP contribution in [0.3, 0.4) is 0 Å². The molecule has 0 atom stereocenters. The summed E-state index contributed by atoms with van der Waals surface area (Å²) >= 11 is 0. The van der Waals surface area contributed by atoms with Crippen molar-refractivity contribution in [3.63, 3.8) is 0 Å².